The maximum absolute atomic E-state index is 12.4. The number of fused-ring (bicyclic) bond motifs is 1. The Morgan fingerprint density at radius 3 is 2.86 bits per heavy atom. The quantitative estimate of drug-likeness (QED) is 0.796. The van der Waals surface area contributed by atoms with Gasteiger partial charge in [0.2, 0.25) is 11.8 Å². The van der Waals surface area contributed by atoms with Crippen LogP contribution in [-0.4, -0.2) is 36.9 Å². The van der Waals surface area contributed by atoms with Crippen LogP contribution in [0.15, 0.2) is 30.9 Å². The van der Waals surface area contributed by atoms with Crippen molar-refractivity contribution in [3.05, 3.63) is 42.0 Å². The Hall–Kier alpha value is -2.10. The number of amides is 2. The minimum Gasteiger partial charge on any atom is -0.333 e. The topological polar surface area (TPSA) is 40.6 Å². The Morgan fingerprint density at radius 2 is 2.19 bits per heavy atom. The minimum absolute atomic E-state index is 0.0436. The van der Waals surface area contributed by atoms with Gasteiger partial charge in [0.05, 0.1) is 0 Å². The second kappa shape index (κ2) is 6.57. The second-order valence-corrected chi connectivity index (χ2v) is 5.36. The highest BCUT2D eigenvalue weighted by atomic mass is 16.2. The third-order valence-electron chi connectivity index (χ3n) is 3.90. The van der Waals surface area contributed by atoms with Crippen LogP contribution in [0.5, 0.6) is 0 Å². The Labute approximate surface area is 126 Å². The largest absolute Gasteiger partial charge is 0.333 e. The first kappa shape index (κ1) is 15.3. The van der Waals surface area contributed by atoms with E-state index >= 15 is 0 Å². The summed E-state index contributed by atoms with van der Waals surface area (Å²) in [5, 5.41) is 0. The van der Waals surface area contributed by atoms with Gasteiger partial charge >= 0.3 is 0 Å². The molecule has 4 heteroatoms. The van der Waals surface area contributed by atoms with Gasteiger partial charge in [0, 0.05) is 19.3 Å². The molecule has 0 bridgehead atoms. The van der Waals surface area contributed by atoms with Crippen molar-refractivity contribution in [1.29, 1.82) is 0 Å². The summed E-state index contributed by atoms with van der Waals surface area (Å²) in [5.41, 5.74) is 3.51. The molecule has 112 valence electrons. The third-order valence-corrected chi connectivity index (χ3v) is 3.90. The number of benzene rings is 1. The van der Waals surface area contributed by atoms with Gasteiger partial charge in [-0.3, -0.25) is 9.59 Å². The molecule has 1 aromatic carbocycles. The van der Waals surface area contributed by atoms with E-state index in [1.54, 1.807) is 11.9 Å². The smallest absolute Gasteiger partial charge is 0.246 e. The maximum atomic E-state index is 12.4. The van der Waals surface area contributed by atoms with Gasteiger partial charge in [-0.2, -0.15) is 0 Å². The molecule has 0 N–H and O–H groups in total. The fourth-order valence-corrected chi connectivity index (χ4v) is 2.65. The van der Waals surface area contributed by atoms with E-state index in [1.807, 2.05) is 6.07 Å². The van der Waals surface area contributed by atoms with Crippen LogP contribution < -0.4 is 4.90 Å². The molecular formula is C17H22N2O2. The molecule has 2 amide bonds. The first-order valence-electron chi connectivity index (χ1n) is 7.36. The van der Waals surface area contributed by atoms with E-state index in [1.165, 1.54) is 22.1 Å². The number of hydrogen-bond donors (Lipinski definition) is 0. The van der Waals surface area contributed by atoms with Crippen molar-refractivity contribution in [1.82, 2.24) is 4.90 Å². The molecule has 0 fully saturated rings. The van der Waals surface area contributed by atoms with Crippen molar-refractivity contribution in [2.75, 3.05) is 25.0 Å². The lowest BCUT2D eigenvalue weighted by Crippen LogP contribution is -2.43. The molecule has 0 saturated carbocycles. The summed E-state index contributed by atoms with van der Waals surface area (Å²) >= 11 is 0. The lowest BCUT2D eigenvalue weighted by Gasteiger charge is -2.31. The fraction of sp³-hybridized carbons (Fsp3) is 0.412. The molecule has 0 spiro atoms. The van der Waals surface area contributed by atoms with Crippen LogP contribution in [0.25, 0.3) is 0 Å². The molecule has 0 unspecified atom stereocenters. The number of nitrogens with zero attached hydrogens (tertiary/aromatic N) is 2. The fourth-order valence-electron chi connectivity index (χ4n) is 2.65. The summed E-state index contributed by atoms with van der Waals surface area (Å²) < 4.78 is 0. The van der Waals surface area contributed by atoms with E-state index < -0.39 is 0 Å². The van der Waals surface area contributed by atoms with Gasteiger partial charge in [-0.15, -0.1) is 0 Å². The van der Waals surface area contributed by atoms with Crippen LogP contribution >= 0.6 is 0 Å². The van der Waals surface area contributed by atoms with Crippen LogP contribution in [0.3, 0.4) is 0 Å². The molecule has 0 aromatic heterocycles. The highest BCUT2D eigenvalue weighted by Gasteiger charge is 2.24. The van der Waals surface area contributed by atoms with Gasteiger partial charge in [0.15, 0.2) is 0 Å². The first-order valence-corrected chi connectivity index (χ1v) is 7.36. The number of likely N-dealkylation sites (N-methyl/N-ethyl adjacent to an activating group) is 1. The number of rotatable bonds is 4. The molecule has 0 aliphatic carbocycles. The molecule has 1 aliphatic rings. The average molecular weight is 286 g/mol. The standard InChI is InChI=1S/C17H22N2O2/c1-4-13-8-9-15-14(11-13)7-6-10-19(15)17(21)12-18(3)16(20)5-2/h5,8-9,11H,2,4,6-7,10,12H2,1,3H3. The molecule has 0 atom stereocenters. The zero-order chi connectivity index (χ0) is 15.4. The van der Waals surface area contributed by atoms with Crippen LogP contribution in [0.4, 0.5) is 5.69 Å². The van der Waals surface area contributed by atoms with E-state index in [0.29, 0.717) is 6.54 Å². The van der Waals surface area contributed by atoms with E-state index in [-0.39, 0.29) is 18.4 Å². The number of carbonyl (C=O) groups excluding carboxylic acids is 2. The Bertz CT molecular complexity index is 566. The first-order chi connectivity index (χ1) is 10.1. The Kier molecular flexibility index (Phi) is 4.78. The third kappa shape index (κ3) is 3.32. The van der Waals surface area contributed by atoms with Gasteiger partial charge in [0.1, 0.15) is 6.54 Å². The van der Waals surface area contributed by atoms with Crippen molar-refractivity contribution in [2.45, 2.75) is 26.2 Å². The predicted molar refractivity (Wildman–Crippen MR) is 84.3 cm³/mol. The number of carbonyl (C=O) groups is 2. The van der Waals surface area contributed by atoms with Crippen LogP contribution in [-0.2, 0) is 22.4 Å². The van der Waals surface area contributed by atoms with E-state index in [4.69, 9.17) is 0 Å². The molecule has 1 aromatic rings. The molecule has 2 rings (SSSR count). The summed E-state index contributed by atoms with van der Waals surface area (Å²) in [4.78, 5) is 27.1. The molecule has 1 heterocycles. The Balaban J connectivity index is 2.17. The highest BCUT2D eigenvalue weighted by Crippen LogP contribution is 2.28. The summed E-state index contributed by atoms with van der Waals surface area (Å²) in [5.74, 6) is -0.278. The van der Waals surface area contributed by atoms with Gasteiger partial charge < -0.3 is 9.80 Å². The molecule has 4 nitrogen and oxygen atoms in total. The number of hydrogen-bond acceptors (Lipinski definition) is 2. The van der Waals surface area contributed by atoms with Gasteiger partial charge in [-0.1, -0.05) is 25.6 Å². The lowest BCUT2D eigenvalue weighted by atomic mass is 9.98. The van der Waals surface area contributed by atoms with Gasteiger partial charge in [-0.05, 0) is 42.5 Å². The molecule has 1 aliphatic heterocycles. The molecule has 0 saturated heterocycles. The van der Waals surface area contributed by atoms with E-state index in [9.17, 15) is 9.59 Å². The summed E-state index contributed by atoms with van der Waals surface area (Å²) in [6.45, 7) is 6.37. The highest BCUT2D eigenvalue weighted by molar-refractivity contribution is 5.98. The van der Waals surface area contributed by atoms with Gasteiger partial charge in [0.25, 0.3) is 0 Å². The normalized spacial score (nSPS) is 13.5. The SMILES string of the molecule is C=CC(=O)N(C)CC(=O)N1CCCc2cc(CC)ccc21. The van der Waals surface area contributed by atoms with Crippen molar-refractivity contribution in [2.24, 2.45) is 0 Å². The van der Waals surface area contributed by atoms with E-state index in [0.717, 1.165) is 24.9 Å². The number of anilines is 1. The summed E-state index contributed by atoms with van der Waals surface area (Å²) in [6, 6.07) is 6.29. The Morgan fingerprint density at radius 1 is 1.43 bits per heavy atom. The van der Waals surface area contributed by atoms with Gasteiger partial charge in [-0.25, -0.2) is 0 Å². The average Bonchev–Trinajstić information content (AvgIpc) is 2.52. The molecular weight excluding hydrogens is 264 g/mol. The van der Waals surface area contributed by atoms with Crippen LogP contribution in [0.1, 0.15) is 24.5 Å². The second-order valence-electron chi connectivity index (χ2n) is 5.36. The van der Waals surface area contributed by atoms with Crippen molar-refractivity contribution < 1.29 is 9.59 Å². The minimum atomic E-state index is -0.234. The van der Waals surface area contributed by atoms with Crippen LogP contribution in [0, 0.1) is 0 Å². The molecule has 21 heavy (non-hydrogen) atoms. The van der Waals surface area contributed by atoms with Crippen molar-refractivity contribution in [3.63, 3.8) is 0 Å². The predicted octanol–water partition coefficient (Wildman–Crippen LogP) is 2.17. The van der Waals surface area contributed by atoms with Crippen molar-refractivity contribution >= 4 is 17.5 Å². The monoisotopic (exact) mass is 286 g/mol. The van der Waals surface area contributed by atoms with Crippen LogP contribution in [0.2, 0.25) is 0 Å². The zero-order valence-corrected chi connectivity index (χ0v) is 12.8. The molecule has 0 radical (unpaired) electrons. The maximum Gasteiger partial charge on any atom is 0.246 e. The van der Waals surface area contributed by atoms with E-state index in [2.05, 4.69) is 25.6 Å². The summed E-state index contributed by atoms with van der Waals surface area (Å²) in [6.07, 6.45) is 4.20. The van der Waals surface area contributed by atoms with Crippen molar-refractivity contribution in [3.8, 4) is 0 Å². The lowest BCUT2D eigenvalue weighted by molar-refractivity contribution is -0.130. The summed E-state index contributed by atoms with van der Waals surface area (Å²) in [7, 11) is 1.62. The zero-order valence-electron chi connectivity index (χ0n) is 12.8. The number of aryl methyl sites for hydroxylation is 2.